The SMILES string of the molecule is CNc1cc(C(F)(F)F)cc(NCc2ccc(Cl)cc2)n1. The maximum absolute atomic E-state index is 12.8. The molecular weight excluding hydrogens is 303 g/mol. The molecule has 0 spiro atoms. The van der Waals surface area contributed by atoms with Crippen LogP contribution in [0.25, 0.3) is 0 Å². The van der Waals surface area contributed by atoms with E-state index >= 15 is 0 Å². The van der Waals surface area contributed by atoms with Crippen LogP contribution < -0.4 is 10.6 Å². The normalized spacial score (nSPS) is 11.3. The van der Waals surface area contributed by atoms with E-state index in [0.717, 1.165) is 17.7 Å². The number of aromatic nitrogens is 1. The van der Waals surface area contributed by atoms with Gasteiger partial charge in [0.2, 0.25) is 0 Å². The second-order valence-electron chi connectivity index (χ2n) is 4.35. The summed E-state index contributed by atoms with van der Waals surface area (Å²) in [5, 5.41) is 6.10. The molecule has 0 aliphatic heterocycles. The summed E-state index contributed by atoms with van der Waals surface area (Å²) in [4.78, 5) is 4.05. The van der Waals surface area contributed by atoms with Crippen molar-refractivity contribution in [2.24, 2.45) is 0 Å². The summed E-state index contributed by atoms with van der Waals surface area (Å²) >= 11 is 5.77. The number of hydrogen-bond acceptors (Lipinski definition) is 3. The minimum atomic E-state index is -4.41. The van der Waals surface area contributed by atoms with E-state index in [1.54, 1.807) is 24.3 Å². The van der Waals surface area contributed by atoms with E-state index in [-0.39, 0.29) is 11.6 Å². The molecule has 0 saturated carbocycles. The maximum Gasteiger partial charge on any atom is 0.416 e. The fourth-order valence-corrected chi connectivity index (χ4v) is 1.83. The third-order valence-electron chi connectivity index (χ3n) is 2.80. The number of rotatable bonds is 4. The van der Waals surface area contributed by atoms with Crippen molar-refractivity contribution in [2.45, 2.75) is 12.7 Å². The third kappa shape index (κ3) is 4.26. The Hall–Kier alpha value is -1.95. The zero-order valence-corrected chi connectivity index (χ0v) is 11.9. The molecule has 0 fully saturated rings. The van der Waals surface area contributed by atoms with Crippen molar-refractivity contribution in [2.75, 3.05) is 17.7 Å². The quantitative estimate of drug-likeness (QED) is 0.877. The number of pyridine rings is 1. The van der Waals surface area contributed by atoms with Gasteiger partial charge in [0.15, 0.2) is 0 Å². The first-order valence-corrected chi connectivity index (χ1v) is 6.51. The molecule has 21 heavy (non-hydrogen) atoms. The lowest BCUT2D eigenvalue weighted by atomic mass is 10.2. The highest BCUT2D eigenvalue weighted by Crippen LogP contribution is 2.32. The molecule has 0 atom stereocenters. The third-order valence-corrected chi connectivity index (χ3v) is 3.05. The molecule has 0 aliphatic rings. The van der Waals surface area contributed by atoms with Gasteiger partial charge < -0.3 is 10.6 Å². The van der Waals surface area contributed by atoms with Crippen LogP contribution in [0, 0.1) is 0 Å². The largest absolute Gasteiger partial charge is 0.416 e. The van der Waals surface area contributed by atoms with Gasteiger partial charge in [-0.3, -0.25) is 0 Å². The Morgan fingerprint density at radius 1 is 1.10 bits per heavy atom. The van der Waals surface area contributed by atoms with Crippen LogP contribution in [0.2, 0.25) is 5.02 Å². The zero-order valence-electron chi connectivity index (χ0n) is 11.1. The van der Waals surface area contributed by atoms with Crippen molar-refractivity contribution < 1.29 is 13.2 Å². The molecule has 1 heterocycles. The first-order chi connectivity index (χ1) is 9.88. The minimum Gasteiger partial charge on any atom is -0.373 e. The predicted octanol–water partition coefficient (Wildman–Crippen LogP) is 4.41. The molecule has 3 nitrogen and oxygen atoms in total. The molecule has 2 N–H and O–H groups in total. The molecule has 0 unspecified atom stereocenters. The van der Waals surface area contributed by atoms with Gasteiger partial charge in [0.1, 0.15) is 11.6 Å². The molecule has 7 heteroatoms. The monoisotopic (exact) mass is 315 g/mol. The second-order valence-corrected chi connectivity index (χ2v) is 4.79. The molecule has 0 aliphatic carbocycles. The van der Waals surface area contributed by atoms with Crippen LogP contribution in [0.1, 0.15) is 11.1 Å². The van der Waals surface area contributed by atoms with Crippen molar-refractivity contribution in [3.8, 4) is 0 Å². The van der Waals surface area contributed by atoms with Crippen LogP contribution in [0.5, 0.6) is 0 Å². The molecule has 0 bridgehead atoms. The topological polar surface area (TPSA) is 37.0 Å². The average molecular weight is 316 g/mol. The fourth-order valence-electron chi connectivity index (χ4n) is 1.71. The molecular formula is C14H13ClF3N3. The van der Waals surface area contributed by atoms with Crippen molar-refractivity contribution >= 4 is 23.2 Å². The van der Waals surface area contributed by atoms with Crippen LogP contribution >= 0.6 is 11.6 Å². The van der Waals surface area contributed by atoms with Gasteiger partial charge in [-0.1, -0.05) is 23.7 Å². The number of benzene rings is 1. The van der Waals surface area contributed by atoms with Crippen molar-refractivity contribution in [3.05, 3.63) is 52.5 Å². The van der Waals surface area contributed by atoms with E-state index in [4.69, 9.17) is 11.6 Å². The molecule has 0 saturated heterocycles. The number of alkyl halides is 3. The van der Waals surface area contributed by atoms with Crippen LogP contribution in [-0.4, -0.2) is 12.0 Å². The average Bonchev–Trinajstić information content (AvgIpc) is 2.45. The number of nitrogens with zero attached hydrogens (tertiary/aromatic N) is 1. The van der Waals surface area contributed by atoms with Crippen LogP contribution in [0.15, 0.2) is 36.4 Å². The Morgan fingerprint density at radius 2 is 1.71 bits per heavy atom. The lowest BCUT2D eigenvalue weighted by Gasteiger charge is -2.12. The standard InChI is InChI=1S/C14H13ClF3N3/c1-19-12-6-10(14(16,17)18)7-13(21-12)20-8-9-2-4-11(15)5-3-9/h2-7H,8H2,1H3,(H2,19,20,21). The highest BCUT2D eigenvalue weighted by Gasteiger charge is 2.31. The molecule has 2 aromatic rings. The Bertz CT molecular complexity index is 612. The fraction of sp³-hybridized carbons (Fsp3) is 0.214. The van der Waals surface area contributed by atoms with Crippen molar-refractivity contribution in [1.29, 1.82) is 0 Å². The van der Waals surface area contributed by atoms with Gasteiger partial charge in [0, 0.05) is 18.6 Å². The highest BCUT2D eigenvalue weighted by atomic mass is 35.5. The van der Waals surface area contributed by atoms with E-state index in [2.05, 4.69) is 15.6 Å². The summed E-state index contributed by atoms with van der Waals surface area (Å²) in [6.07, 6.45) is -4.41. The van der Waals surface area contributed by atoms with Gasteiger partial charge in [0.05, 0.1) is 5.56 Å². The van der Waals surface area contributed by atoms with Gasteiger partial charge in [-0.15, -0.1) is 0 Å². The van der Waals surface area contributed by atoms with Crippen LogP contribution in [0.4, 0.5) is 24.8 Å². The van der Waals surface area contributed by atoms with Gasteiger partial charge in [-0.05, 0) is 29.8 Å². The lowest BCUT2D eigenvalue weighted by Crippen LogP contribution is -2.09. The summed E-state index contributed by atoms with van der Waals surface area (Å²) in [6, 6.07) is 8.97. The maximum atomic E-state index is 12.8. The predicted molar refractivity (Wildman–Crippen MR) is 77.6 cm³/mol. The van der Waals surface area contributed by atoms with E-state index in [0.29, 0.717) is 11.6 Å². The zero-order chi connectivity index (χ0) is 15.5. The van der Waals surface area contributed by atoms with E-state index in [1.807, 2.05) is 0 Å². The van der Waals surface area contributed by atoms with E-state index in [1.165, 1.54) is 7.05 Å². The highest BCUT2D eigenvalue weighted by molar-refractivity contribution is 6.30. The molecule has 1 aromatic carbocycles. The van der Waals surface area contributed by atoms with Crippen molar-refractivity contribution in [1.82, 2.24) is 4.98 Å². The Labute approximate surface area is 125 Å². The van der Waals surface area contributed by atoms with Gasteiger partial charge >= 0.3 is 6.18 Å². The van der Waals surface area contributed by atoms with E-state index in [9.17, 15) is 13.2 Å². The number of anilines is 2. The molecule has 112 valence electrons. The Balaban J connectivity index is 2.17. The summed E-state index contributed by atoms with van der Waals surface area (Å²) in [5.41, 5.74) is 0.144. The molecule has 0 amide bonds. The molecule has 2 rings (SSSR count). The molecule has 0 radical (unpaired) electrons. The Morgan fingerprint density at radius 3 is 2.29 bits per heavy atom. The summed E-state index contributed by atoms with van der Waals surface area (Å²) in [5.74, 6) is 0.313. The van der Waals surface area contributed by atoms with Crippen LogP contribution in [-0.2, 0) is 12.7 Å². The van der Waals surface area contributed by atoms with Crippen molar-refractivity contribution in [3.63, 3.8) is 0 Å². The first kappa shape index (κ1) is 15.4. The number of nitrogens with one attached hydrogen (secondary N) is 2. The summed E-state index contributed by atoms with van der Waals surface area (Å²) in [7, 11) is 1.52. The minimum absolute atomic E-state index is 0.156. The molecule has 1 aromatic heterocycles. The summed E-state index contributed by atoms with van der Waals surface area (Å²) < 4.78 is 38.4. The smallest absolute Gasteiger partial charge is 0.373 e. The van der Waals surface area contributed by atoms with E-state index < -0.39 is 11.7 Å². The number of halogens is 4. The Kier molecular flexibility index (Phi) is 4.57. The first-order valence-electron chi connectivity index (χ1n) is 6.14. The van der Waals surface area contributed by atoms with Gasteiger partial charge in [0.25, 0.3) is 0 Å². The van der Waals surface area contributed by atoms with Gasteiger partial charge in [-0.2, -0.15) is 13.2 Å². The van der Waals surface area contributed by atoms with Gasteiger partial charge in [-0.25, -0.2) is 4.98 Å². The lowest BCUT2D eigenvalue weighted by molar-refractivity contribution is -0.137. The van der Waals surface area contributed by atoms with Crippen LogP contribution in [0.3, 0.4) is 0 Å². The second kappa shape index (κ2) is 6.22. The summed E-state index contributed by atoms with van der Waals surface area (Å²) in [6.45, 7) is 0.356. The number of hydrogen-bond donors (Lipinski definition) is 2.